The summed E-state index contributed by atoms with van der Waals surface area (Å²) in [5.41, 5.74) is 0. The average molecular weight is 1160 g/mol. The lowest BCUT2D eigenvalue weighted by molar-refractivity contribution is -0.870. The molecule has 0 aliphatic rings. The topological polar surface area (TPSA) is 111 Å². The number of unbranched alkanes of at least 4 members (excludes halogenated alkanes) is 23. The summed E-state index contributed by atoms with van der Waals surface area (Å²) < 4.78 is 34.2. The molecular formula is C72H122NO8P. The maximum absolute atomic E-state index is 12.8. The summed E-state index contributed by atoms with van der Waals surface area (Å²) >= 11 is 0. The Morgan fingerprint density at radius 3 is 1.04 bits per heavy atom. The van der Waals surface area contributed by atoms with Gasteiger partial charge in [-0.05, 0) is 116 Å². The number of hydrogen-bond donors (Lipinski definition) is 0. The molecule has 0 saturated heterocycles. The first kappa shape index (κ1) is 78.1. The lowest BCUT2D eigenvalue weighted by atomic mass is 10.0. The van der Waals surface area contributed by atoms with Crippen molar-refractivity contribution in [2.24, 2.45) is 0 Å². The van der Waals surface area contributed by atoms with Gasteiger partial charge in [0.05, 0.1) is 27.7 Å². The van der Waals surface area contributed by atoms with Crippen LogP contribution < -0.4 is 4.89 Å². The number of carbonyl (C=O) groups excluding carboxylic acids is 2. The smallest absolute Gasteiger partial charge is 0.306 e. The molecule has 9 nitrogen and oxygen atoms in total. The first-order valence-electron chi connectivity index (χ1n) is 32.9. The van der Waals surface area contributed by atoms with Gasteiger partial charge in [-0.1, -0.05) is 263 Å². The highest BCUT2D eigenvalue weighted by molar-refractivity contribution is 7.45. The summed E-state index contributed by atoms with van der Waals surface area (Å²) in [5, 5.41) is 0. The molecule has 0 amide bonds. The van der Waals surface area contributed by atoms with Gasteiger partial charge in [-0.3, -0.25) is 14.2 Å². The molecular weight excluding hydrogens is 1040 g/mol. The molecule has 0 bridgehead atoms. The minimum absolute atomic E-state index is 0.0400. The second kappa shape index (κ2) is 61.7. The van der Waals surface area contributed by atoms with Crippen LogP contribution >= 0.6 is 7.82 Å². The number of esters is 2. The number of phosphoric ester groups is 1. The molecule has 0 aromatic rings. The molecule has 10 heteroatoms. The van der Waals surface area contributed by atoms with E-state index >= 15 is 0 Å². The lowest BCUT2D eigenvalue weighted by Gasteiger charge is -2.28. The zero-order valence-electron chi connectivity index (χ0n) is 53.1. The normalized spacial score (nSPS) is 14.1. The van der Waals surface area contributed by atoms with Crippen LogP contribution in [-0.2, 0) is 32.7 Å². The van der Waals surface area contributed by atoms with Gasteiger partial charge in [0.25, 0.3) is 7.82 Å². The number of rotatable bonds is 59. The Bertz CT molecular complexity index is 1850. The Kier molecular flexibility index (Phi) is 58.8. The fraction of sp³-hybridized carbons (Fsp3) is 0.667. The molecule has 0 fully saturated rings. The first-order chi connectivity index (χ1) is 40.0. The number of likely N-dealkylation sites (N-methyl/N-ethyl adjacent to an activating group) is 1. The molecule has 0 spiro atoms. The van der Waals surface area contributed by atoms with Gasteiger partial charge >= 0.3 is 11.9 Å². The van der Waals surface area contributed by atoms with Crippen molar-refractivity contribution in [1.82, 2.24) is 0 Å². The zero-order valence-corrected chi connectivity index (χ0v) is 54.0. The predicted octanol–water partition coefficient (Wildman–Crippen LogP) is 20.6. The molecule has 0 N–H and O–H groups in total. The summed E-state index contributed by atoms with van der Waals surface area (Å²) in [4.78, 5) is 38.0. The highest BCUT2D eigenvalue weighted by Crippen LogP contribution is 2.38. The number of carbonyl (C=O) groups is 2. The van der Waals surface area contributed by atoms with Gasteiger partial charge in [0, 0.05) is 12.8 Å². The van der Waals surface area contributed by atoms with E-state index < -0.39 is 32.5 Å². The number of nitrogens with zero attached hydrogens (tertiary/aromatic N) is 1. The van der Waals surface area contributed by atoms with Gasteiger partial charge in [0.1, 0.15) is 19.8 Å². The van der Waals surface area contributed by atoms with Crippen molar-refractivity contribution in [2.75, 3.05) is 47.5 Å². The van der Waals surface area contributed by atoms with E-state index in [-0.39, 0.29) is 26.1 Å². The van der Waals surface area contributed by atoms with E-state index in [1.165, 1.54) is 109 Å². The van der Waals surface area contributed by atoms with Crippen LogP contribution in [0.25, 0.3) is 0 Å². The van der Waals surface area contributed by atoms with Crippen LogP contribution in [0, 0.1) is 0 Å². The fourth-order valence-electron chi connectivity index (χ4n) is 8.62. The lowest BCUT2D eigenvalue weighted by Crippen LogP contribution is -2.37. The van der Waals surface area contributed by atoms with Crippen LogP contribution in [0.5, 0.6) is 0 Å². The number of quaternary nitrogens is 1. The minimum atomic E-state index is -4.65. The van der Waals surface area contributed by atoms with E-state index in [4.69, 9.17) is 18.5 Å². The van der Waals surface area contributed by atoms with E-state index in [2.05, 4.69) is 148 Å². The maximum Gasteiger partial charge on any atom is 0.306 e. The van der Waals surface area contributed by atoms with Crippen molar-refractivity contribution in [2.45, 2.75) is 264 Å². The van der Waals surface area contributed by atoms with Gasteiger partial charge in [0.2, 0.25) is 0 Å². The van der Waals surface area contributed by atoms with Crippen molar-refractivity contribution in [3.05, 3.63) is 134 Å². The highest BCUT2D eigenvalue weighted by Gasteiger charge is 2.22. The molecule has 468 valence electrons. The van der Waals surface area contributed by atoms with Gasteiger partial charge in [-0.15, -0.1) is 0 Å². The number of allylic oxidation sites excluding steroid dienone is 22. The van der Waals surface area contributed by atoms with Crippen molar-refractivity contribution in [3.8, 4) is 0 Å². The molecule has 0 aromatic heterocycles. The average Bonchev–Trinajstić information content (AvgIpc) is 3.45. The minimum Gasteiger partial charge on any atom is -0.756 e. The van der Waals surface area contributed by atoms with Crippen molar-refractivity contribution in [3.63, 3.8) is 0 Å². The van der Waals surface area contributed by atoms with Gasteiger partial charge < -0.3 is 27.9 Å². The third-order valence-corrected chi connectivity index (χ3v) is 14.6. The Morgan fingerprint density at radius 1 is 0.390 bits per heavy atom. The zero-order chi connectivity index (χ0) is 59.8. The number of hydrogen-bond acceptors (Lipinski definition) is 8. The second-order valence-corrected chi connectivity index (χ2v) is 24.2. The van der Waals surface area contributed by atoms with Crippen LogP contribution in [0.3, 0.4) is 0 Å². The molecule has 0 rings (SSSR count). The molecule has 0 aromatic carbocycles. The molecule has 0 radical (unpaired) electrons. The first-order valence-corrected chi connectivity index (χ1v) is 34.4. The van der Waals surface area contributed by atoms with E-state index in [1.807, 2.05) is 21.1 Å². The summed E-state index contributed by atoms with van der Waals surface area (Å²) in [6.07, 6.45) is 89.3. The van der Waals surface area contributed by atoms with Crippen molar-refractivity contribution in [1.29, 1.82) is 0 Å². The van der Waals surface area contributed by atoms with Gasteiger partial charge in [-0.2, -0.15) is 0 Å². The molecule has 2 atom stereocenters. The molecule has 2 unspecified atom stereocenters. The van der Waals surface area contributed by atoms with Crippen molar-refractivity contribution >= 4 is 19.8 Å². The van der Waals surface area contributed by atoms with E-state index in [0.717, 1.165) is 116 Å². The Morgan fingerprint density at radius 2 is 0.695 bits per heavy atom. The molecule has 0 heterocycles. The van der Waals surface area contributed by atoms with E-state index in [1.54, 1.807) is 0 Å². The Hall–Kier alpha value is -3.85. The van der Waals surface area contributed by atoms with Gasteiger partial charge in [0.15, 0.2) is 6.10 Å². The fourth-order valence-corrected chi connectivity index (χ4v) is 9.35. The van der Waals surface area contributed by atoms with Crippen molar-refractivity contribution < 1.29 is 42.1 Å². The molecule has 82 heavy (non-hydrogen) atoms. The highest BCUT2D eigenvalue weighted by atomic mass is 31.2. The largest absolute Gasteiger partial charge is 0.756 e. The number of ether oxygens (including phenoxy) is 2. The Labute approximate surface area is 504 Å². The summed E-state index contributed by atoms with van der Waals surface area (Å²) in [6.45, 7) is 4.10. The molecule has 0 saturated carbocycles. The van der Waals surface area contributed by atoms with Crippen LogP contribution in [0.2, 0.25) is 0 Å². The van der Waals surface area contributed by atoms with E-state index in [0.29, 0.717) is 17.4 Å². The third-order valence-electron chi connectivity index (χ3n) is 13.7. The van der Waals surface area contributed by atoms with Gasteiger partial charge in [-0.25, -0.2) is 0 Å². The van der Waals surface area contributed by atoms with Crippen LogP contribution in [0.4, 0.5) is 0 Å². The summed E-state index contributed by atoms with van der Waals surface area (Å²) in [5.74, 6) is -0.853. The molecule has 0 aliphatic carbocycles. The monoisotopic (exact) mass is 1160 g/mol. The second-order valence-electron chi connectivity index (χ2n) is 22.7. The standard InChI is InChI=1S/C72H122NO8P/c1-6-8-10-12-14-16-18-20-22-24-26-28-30-31-32-33-34-35-36-37-38-39-40-41-43-45-47-49-51-53-55-57-59-61-63-65-72(75)81-70(69-80-82(76,77)79-67-66-73(3,4)5)68-78-71(74)64-62-60-58-56-54-52-50-48-46-44-42-29-27-25-23-21-19-17-15-13-11-9-7-2/h8,10,14,16,19-22,25-28,31-32,34-35,37-38,40-41,45,47,70H,6-7,9,11-13,15,17-18,23-24,29-30,33,36,39,42-44,46,48-69H2,1-5H3/b10-8-,16-14-,21-19-,22-20-,27-25-,28-26-,32-31-,35-34-,38-37-,41-40-,47-45-. The maximum atomic E-state index is 12.8. The number of phosphoric acid groups is 1. The predicted molar refractivity (Wildman–Crippen MR) is 351 cm³/mol. The summed E-state index contributed by atoms with van der Waals surface area (Å²) in [7, 11) is 1.14. The summed E-state index contributed by atoms with van der Waals surface area (Å²) in [6, 6.07) is 0. The molecule has 0 aliphatic heterocycles. The Balaban J connectivity index is 4.17. The van der Waals surface area contributed by atoms with Crippen LogP contribution in [0.1, 0.15) is 258 Å². The quantitative estimate of drug-likeness (QED) is 0.0195. The van der Waals surface area contributed by atoms with E-state index in [9.17, 15) is 19.0 Å². The van der Waals surface area contributed by atoms with Crippen LogP contribution in [0.15, 0.2) is 134 Å². The van der Waals surface area contributed by atoms with Crippen LogP contribution in [-0.4, -0.2) is 70.0 Å². The third kappa shape index (κ3) is 65.3. The SMILES string of the molecule is CC/C=C\C/C=C\C/C=C\C/C=C\C/C=C\C/C=C\C/C=C\C/C=C\C/C=C\CCCCCCCCCC(=O)OC(COC(=O)CCCCCCCCCCCCC/C=C\C/C=C\CCCCCCC)COP(=O)([O-])OCC[N+](C)(C)C.